The van der Waals surface area contributed by atoms with Crippen molar-refractivity contribution >= 4 is 18.0 Å². The zero-order chi connectivity index (χ0) is 24.7. The predicted molar refractivity (Wildman–Crippen MR) is 121 cm³/mol. The van der Waals surface area contributed by atoms with Gasteiger partial charge in [-0.2, -0.15) is 0 Å². The normalized spacial score (nSPS) is 17.6. The van der Waals surface area contributed by atoms with E-state index in [1.807, 2.05) is 30.3 Å². The largest absolute Gasteiger partial charge is 0.480 e. The number of aliphatic carboxylic acids is 1. The molecule has 0 aliphatic heterocycles. The highest BCUT2D eigenvalue weighted by Gasteiger charge is 2.35. The Kier molecular flexibility index (Phi) is 8.23. The Balaban J connectivity index is 1.73. The first-order chi connectivity index (χ1) is 16.2. The van der Waals surface area contributed by atoms with Crippen molar-refractivity contribution in [2.75, 3.05) is 6.54 Å². The first kappa shape index (κ1) is 24.7. The van der Waals surface area contributed by atoms with Crippen LogP contribution in [-0.4, -0.2) is 56.2 Å². The molecule has 2 amide bonds. The summed E-state index contributed by atoms with van der Waals surface area (Å²) in [6.07, 6.45) is 3.19. The van der Waals surface area contributed by atoms with E-state index in [4.69, 9.17) is 4.74 Å². The number of carbonyl (C=O) groups excluding carboxylic acids is 2. The van der Waals surface area contributed by atoms with Crippen LogP contribution in [0.2, 0.25) is 0 Å². The van der Waals surface area contributed by atoms with Crippen LogP contribution in [0.3, 0.4) is 0 Å². The molecular weight excluding hydrogens is 444 g/mol. The fourth-order valence-corrected chi connectivity index (χ4v) is 4.08. The van der Waals surface area contributed by atoms with Gasteiger partial charge in [-0.25, -0.2) is 9.59 Å². The third-order valence-corrected chi connectivity index (χ3v) is 5.77. The summed E-state index contributed by atoms with van der Waals surface area (Å²) >= 11 is 0. The van der Waals surface area contributed by atoms with E-state index in [9.17, 15) is 29.1 Å². The van der Waals surface area contributed by atoms with Gasteiger partial charge in [-0.15, -0.1) is 0 Å². The number of aromatic nitrogens is 2. The molecule has 2 aromatic rings. The lowest BCUT2D eigenvalue weighted by molar-refractivity contribution is -0.147. The van der Waals surface area contributed by atoms with Crippen molar-refractivity contribution in [3.63, 3.8) is 0 Å². The van der Waals surface area contributed by atoms with Crippen LogP contribution in [0.5, 0.6) is 0 Å². The molecule has 1 aromatic heterocycles. The van der Waals surface area contributed by atoms with Gasteiger partial charge in [-0.1, -0.05) is 43.2 Å². The number of aryl methyl sites for hydroxylation is 1. The van der Waals surface area contributed by atoms with Gasteiger partial charge >= 0.3 is 17.8 Å². The van der Waals surface area contributed by atoms with Crippen molar-refractivity contribution in [1.29, 1.82) is 0 Å². The molecule has 1 aliphatic rings. The lowest BCUT2D eigenvalue weighted by Gasteiger charge is -2.39. The smallest absolute Gasteiger partial charge is 0.407 e. The number of ether oxygens (including phenoxy) is 1. The summed E-state index contributed by atoms with van der Waals surface area (Å²) in [5.41, 5.74) is -0.249. The summed E-state index contributed by atoms with van der Waals surface area (Å²) in [6.45, 7) is 0.552. The third-order valence-electron chi connectivity index (χ3n) is 5.77. The fraction of sp³-hybridized carbons (Fsp3) is 0.435. The highest BCUT2D eigenvalue weighted by atomic mass is 16.5. The van der Waals surface area contributed by atoms with Crippen LogP contribution in [0.1, 0.15) is 36.8 Å². The first-order valence-corrected chi connectivity index (χ1v) is 11.0. The number of amides is 2. The molecule has 11 heteroatoms. The average molecular weight is 472 g/mol. The maximum atomic E-state index is 13.1. The number of rotatable bonds is 8. The molecule has 2 atom stereocenters. The van der Waals surface area contributed by atoms with Crippen molar-refractivity contribution in [3.05, 3.63) is 68.5 Å². The molecule has 34 heavy (non-hydrogen) atoms. The molecule has 0 bridgehead atoms. The molecule has 0 spiro atoms. The topological polar surface area (TPSA) is 151 Å². The number of nitrogens with zero attached hydrogens (tertiary/aromatic N) is 2. The van der Waals surface area contributed by atoms with E-state index in [2.05, 4.69) is 10.3 Å². The third kappa shape index (κ3) is 6.56. The fourth-order valence-electron chi connectivity index (χ4n) is 4.08. The molecule has 1 aliphatic carbocycles. The summed E-state index contributed by atoms with van der Waals surface area (Å²) in [7, 11) is 0. The molecule has 182 valence electrons. The number of carbonyl (C=O) groups is 3. The maximum Gasteiger partial charge on any atom is 0.407 e. The van der Waals surface area contributed by atoms with Crippen LogP contribution in [0, 0.1) is 6.92 Å². The summed E-state index contributed by atoms with van der Waals surface area (Å²) in [6, 6.07) is 8.08. The van der Waals surface area contributed by atoms with Crippen molar-refractivity contribution in [1.82, 2.24) is 19.8 Å². The molecule has 11 nitrogen and oxygen atoms in total. The van der Waals surface area contributed by atoms with Gasteiger partial charge in [0.25, 0.3) is 5.56 Å². The molecule has 0 radical (unpaired) electrons. The Morgan fingerprint density at radius 2 is 1.88 bits per heavy atom. The zero-order valence-corrected chi connectivity index (χ0v) is 18.9. The second-order valence-electron chi connectivity index (χ2n) is 8.28. The monoisotopic (exact) mass is 472 g/mol. The predicted octanol–water partition coefficient (Wildman–Crippen LogP) is 0.996. The lowest BCUT2D eigenvalue weighted by Crippen LogP contribution is -2.57. The van der Waals surface area contributed by atoms with Crippen LogP contribution < -0.4 is 16.6 Å². The molecule has 3 N–H and O–H groups in total. The van der Waals surface area contributed by atoms with Crippen molar-refractivity contribution in [3.8, 4) is 0 Å². The quantitative estimate of drug-likeness (QED) is 0.518. The summed E-state index contributed by atoms with van der Waals surface area (Å²) in [5.74, 6) is -1.82. The summed E-state index contributed by atoms with van der Waals surface area (Å²) < 4.78 is 6.32. The molecule has 1 fully saturated rings. The van der Waals surface area contributed by atoms with E-state index in [0.29, 0.717) is 12.8 Å². The van der Waals surface area contributed by atoms with Gasteiger partial charge in [0.2, 0.25) is 5.91 Å². The standard InChI is InChI=1S/C23H28N4O7/c1-15-11-26(22(32)25-21(15)31)12-19(28)27(13-20(29)30)18-10-6-5-9-17(18)24-23(33)34-14-16-7-3-2-4-8-16/h2-4,7-8,11,17-18H,5-6,9-10,12-14H2,1H3,(H,24,33)(H,29,30)(H,25,31,32). The minimum Gasteiger partial charge on any atom is -0.480 e. The van der Waals surface area contributed by atoms with E-state index >= 15 is 0 Å². The first-order valence-electron chi connectivity index (χ1n) is 11.0. The number of aromatic amines is 1. The lowest BCUT2D eigenvalue weighted by atomic mass is 9.89. The van der Waals surface area contributed by atoms with Crippen LogP contribution in [0.4, 0.5) is 4.79 Å². The SMILES string of the molecule is Cc1cn(CC(=O)N(CC(=O)O)C2CCCCC2NC(=O)OCc2ccccc2)c(=O)[nH]c1=O. The number of alkyl carbamates (subject to hydrolysis) is 1. The van der Waals surface area contributed by atoms with Crippen LogP contribution in [-0.2, 0) is 27.5 Å². The van der Waals surface area contributed by atoms with Gasteiger partial charge in [0, 0.05) is 11.8 Å². The van der Waals surface area contributed by atoms with Crippen molar-refractivity contribution in [2.24, 2.45) is 0 Å². The molecule has 1 aromatic carbocycles. The number of carboxylic acids is 1. The Morgan fingerprint density at radius 3 is 2.59 bits per heavy atom. The number of H-pyrrole nitrogens is 1. The van der Waals surface area contributed by atoms with Crippen molar-refractivity contribution < 1.29 is 24.2 Å². The molecule has 2 unspecified atom stereocenters. The van der Waals surface area contributed by atoms with Gasteiger partial charge in [-0.3, -0.25) is 23.9 Å². The van der Waals surface area contributed by atoms with Crippen molar-refractivity contribution in [2.45, 2.75) is 57.8 Å². The maximum absolute atomic E-state index is 13.1. The van der Waals surface area contributed by atoms with E-state index in [-0.39, 0.29) is 12.2 Å². The highest BCUT2D eigenvalue weighted by molar-refractivity contribution is 5.81. The average Bonchev–Trinajstić information content (AvgIpc) is 2.80. The highest BCUT2D eigenvalue weighted by Crippen LogP contribution is 2.24. The van der Waals surface area contributed by atoms with Crippen LogP contribution in [0.15, 0.2) is 46.1 Å². The number of hydrogen-bond donors (Lipinski definition) is 3. The Bertz CT molecular complexity index is 1140. The molecule has 1 saturated carbocycles. The van der Waals surface area contributed by atoms with Crippen LogP contribution >= 0.6 is 0 Å². The second kappa shape index (κ2) is 11.3. The molecule has 3 rings (SSSR count). The molecule has 0 saturated heterocycles. The van der Waals surface area contributed by atoms with E-state index in [0.717, 1.165) is 23.0 Å². The number of hydrogen-bond acceptors (Lipinski definition) is 6. The zero-order valence-electron chi connectivity index (χ0n) is 18.9. The van der Waals surface area contributed by atoms with E-state index < -0.39 is 54.4 Å². The second-order valence-corrected chi connectivity index (χ2v) is 8.28. The number of benzene rings is 1. The van der Waals surface area contributed by atoms with Crippen LogP contribution in [0.25, 0.3) is 0 Å². The van der Waals surface area contributed by atoms with E-state index in [1.165, 1.54) is 18.0 Å². The number of nitrogens with one attached hydrogen (secondary N) is 2. The number of carboxylic acid groups (broad SMARTS) is 1. The van der Waals surface area contributed by atoms with E-state index in [1.54, 1.807) is 0 Å². The minimum atomic E-state index is -1.21. The summed E-state index contributed by atoms with van der Waals surface area (Å²) in [4.78, 5) is 64.1. The molecular formula is C23H28N4O7. The van der Waals surface area contributed by atoms with Gasteiger partial charge < -0.3 is 20.1 Å². The summed E-state index contributed by atoms with van der Waals surface area (Å²) in [5, 5.41) is 12.2. The molecule has 1 heterocycles. The minimum absolute atomic E-state index is 0.0797. The Labute approximate surface area is 195 Å². The van der Waals surface area contributed by atoms with Gasteiger partial charge in [0.15, 0.2) is 0 Å². The van der Waals surface area contributed by atoms with Gasteiger partial charge in [0.1, 0.15) is 19.7 Å². The van der Waals surface area contributed by atoms with Gasteiger partial charge in [0.05, 0.1) is 12.1 Å². The van der Waals surface area contributed by atoms with Gasteiger partial charge in [-0.05, 0) is 25.3 Å². The Morgan fingerprint density at radius 1 is 1.18 bits per heavy atom. The Hall–Kier alpha value is -3.89.